The first-order chi connectivity index (χ1) is 12.3. The number of methoxy groups -OCH3 is 1. The number of anilines is 2. The lowest BCUT2D eigenvalue weighted by Gasteiger charge is -2.22. The van der Waals surface area contributed by atoms with Crippen molar-refractivity contribution in [2.75, 3.05) is 23.9 Å². The van der Waals surface area contributed by atoms with Crippen LogP contribution in [0.4, 0.5) is 11.4 Å². The summed E-state index contributed by atoms with van der Waals surface area (Å²) in [7, 11) is 1.27. The van der Waals surface area contributed by atoms with Crippen molar-refractivity contribution in [1.29, 1.82) is 0 Å². The number of hydrogen-bond donors (Lipinski definition) is 1. The third-order valence-corrected chi connectivity index (χ3v) is 4.08. The van der Waals surface area contributed by atoms with Gasteiger partial charge in [-0.3, -0.25) is 9.59 Å². The third kappa shape index (κ3) is 4.61. The van der Waals surface area contributed by atoms with Gasteiger partial charge < -0.3 is 15.0 Å². The number of esters is 1. The van der Waals surface area contributed by atoms with Crippen molar-refractivity contribution >= 4 is 40.8 Å². The molecule has 0 saturated heterocycles. The highest BCUT2D eigenvalue weighted by Crippen LogP contribution is 2.24. The molecule has 1 N–H and O–H groups in total. The van der Waals surface area contributed by atoms with Crippen LogP contribution in [0.1, 0.15) is 22.8 Å². The van der Waals surface area contributed by atoms with E-state index >= 15 is 0 Å². The van der Waals surface area contributed by atoms with Gasteiger partial charge in [0.05, 0.1) is 23.4 Å². The number of ether oxygens (including phenoxy) is 1. The molecule has 0 heterocycles. The second-order valence-electron chi connectivity index (χ2n) is 5.63. The van der Waals surface area contributed by atoms with Gasteiger partial charge in [0.15, 0.2) is 0 Å². The van der Waals surface area contributed by atoms with E-state index < -0.39 is 11.9 Å². The Morgan fingerprint density at radius 1 is 1.15 bits per heavy atom. The summed E-state index contributed by atoms with van der Waals surface area (Å²) in [6.07, 6.45) is 0. The summed E-state index contributed by atoms with van der Waals surface area (Å²) in [6.45, 7) is 3.07. The number of rotatable bonds is 5. The molecule has 0 bridgehead atoms. The predicted octanol–water partition coefficient (Wildman–Crippen LogP) is 3.43. The topological polar surface area (TPSA) is 75.7 Å². The van der Waals surface area contributed by atoms with Crippen LogP contribution in [0, 0.1) is 6.92 Å². The number of nitrogens with zero attached hydrogens (tertiary/aromatic N) is 1. The molecule has 0 aliphatic rings. The Morgan fingerprint density at radius 2 is 1.85 bits per heavy atom. The van der Waals surface area contributed by atoms with Crippen molar-refractivity contribution in [1.82, 2.24) is 0 Å². The number of halogens is 1. The van der Waals surface area contributed by atoms with Gasteiger partial charge in [-0.1, -0.05) is 29.8 Å². The Kier molecular flexibility index (Phi) is 6.36. The Bertz CT molecular complexity index is 851. The molecular weight excluding hydrogens is 356 g/mol. The average Bonchev–Trinajstić information content (AvgIpc) is 2.61. The molecule has 0 aliphatic heterocycles. The number of amides is 2. The fourth-order valence-electron chi connectivity index (χ4n) is 2.43. The predicted molar refractivity (Wildman–Crippen MR) is 101 cm³/mol. The summed E-state index contributed by atoms with van der Waals surface area (Å²) in [5.74, 6) is -1.24. The maximum absolute atomic E-state index is 12.4. The number of carbonyl (C=O) groups excluding carboxylic acids is 3. The highest BCUT2D eigenvalue weighted by molar-refractivity contribution is 6.34. The molecule has 0 radical (unpaired) electrons. The monoisotopic (exact) mass is 374 g/mol. The third-order valence-electron chi connectivity index (χ3n) is 3.75. The van der Waals surface area contributed by atoms with Gasteiger partial charge in [-0.2, -0.15) is 0 Å². The minimum absolute atomic E-state index is 0.182. The van der Waals surface area contributed by atoms with E-state index in [1.165, 1.54) is 37.1 Å². The molecule has 0 spiro atoms. The fraction of sp³-hybridized carbons (Fsp3) is 0.211. The Labute approximate surface area is 156 Å². The van der Waals surface area contributed by atoms with Gasteiger partial charge in [-0.05, 0) is 36.8 Å². The van der Waals surface area contributed by atoms with Crippen LogP contribution in [-0.2, 0) is 14.3 Å². The first kappa shape index (κ1) is 19.5. The standard InChI is InChI=1S/C19H19ClN2O4/c1-12-6-4-5-7-17(12)22(13(2)23)11-18(24)21-16-10-14(19(25)26-3)8-9-15(16)20/h4-10H,11H2,1-3H3,(H,21,24). The average molecular weight is 375 g/mol. The Hall–Kier alpha value is -2.86. The minimum Gasteiger partial charge on any atom is -0.465 e. The molecule has 0 unspecified atom stereocenters. The van der Waals surface area contributed by atoms with Crippen LogP contribution in [0.2, 0.25) is 5.02 Å². The summed E-state index contributed by atoms with van der Waals surface area (Å²) in [4.78, 5) is 37.4. The molecule has 0 aromatic heterocycles. The van der Waals surface area contributed by atoms with Gasteiger partial charge in [0.2, 0.25) is 11.8 Å². The van der Waals surface area contributed by atoms with Crippen molar-refractivity contribution in [3.8, 4) is 0 Å². The first-order valence-electron chi connectivity index (χ1n) is 7.85. The Morgan fingerprint density at radius 3 is 2.46 bits per heavy atom. The van der Waals surface area contributed by atoms with Crippen LogP contribution in [0.3, 0.4) is 0 Å². The molecule has 0 aliphatic carbocycles. The zero-order valence-electron chi connectivity index (χ0n) is 14.7. The van der Waals surface area contributed by atoms with Crippen LogP contribution >= 0.6 is 11.6 Å². The maximum Gasteiger partial charge on any atom is 0.337 e. The molecule has 7 heteroatoms. The first-order valence-corrected chi connectivity index (χ1v) is 8.22. The van der Waals surface area contributed by atoms with E-state index in [-0.39, 0.29) is 28.7 Å². The summed E-state index contributed by atoms with van der Waals surface area (Å²) in [5, 5.41) is 2.91. The van der Waals surface area contributed by atoms with Crippen LogP contribution in [0.5, 0.6) is 0 Å². The fourth-order valence-corrected chi connectivity index (χ4v) is 2.60. The summed E-state index contributed by atoms with van der Waals surface area (Å²) < 4.78 is 4.66. The molecular formula is C19H19ClN2O4. The molecule has 2 aromatic rings. The van der Waals surface area contributed by atoms with E-state index in [9.17, 15) is 14.4 Å². The minimum atomic E-state index is -0.539. The summed E-state index contributed by atoms with van der Waals surface area (Å²) in [6, 6.07) is 11.7. The number of nitrogens with one attached hydrogen (secondary N) is 1. The van der Waals surface area contributed by atoms with Gasteiger partial charge in [0.25, 0.3) is 0 Å². The molecule has 0 fully saturated rings. The number of para-hydroxylation sites is 1. The Balaban J connectivity index is 2.20. The highest BCUT2D eigenvalue weighted by atomic mass is 35.5. The zero-order valence-corrected chi connectivity index (χ0v) is 15.5. The molecule has 2 rings (SSSR count). The number of aryl methyl sites for hydroxylation is 1. The second-order valence-corrected chi connectivity index (χ2v) is 6.03. The van der Waals surface area contributed by atoms with Crippen LogP contribution in [0.15, 0.2) is 42.5 Å². The van der Waals surface area contributed by atoms with Crippen molar-refractivity contribution in [3.63, 3.8) is 0 Å². The molecule has 2 aromatic carbocycles. The zero-order chi connectivity index (χ0) is 19.3. The quantitative estimate of drug-likeness (QED) is 0.813. The summed E-state index contributed by atoms with van der Waals surface area (Å²) >= 11 is 6.08. The lowest BCUT2D eigenvalue weighted by Crippen LogP contribution is -2.37. The van der Waals surface area contributed by atoms with Gasteiger partial charge in [-0.25, -0.2) is 4.79 Å². The van der Waals surface area contributed by atoms with E-state index in [1.54, 1.807) is 12.1 Å². The van der Waals surface area contributed by atoms with Crippen LogP contribution < -0.4 is 10.2 Å². The van der Waals surface area contributed by atoms with E-state index in [4.69, 9.17) is 11.6 Å². The van der Waals surface area contributed by atoms with E-state index in [2.05, 4.69) is 10.1 Å². The SMILES string of the molecule is COC(=O)c1ccc(Cl)c(NC(=O)CN(C(C)=O)c2ccccc2C)c1. The van der Waals surface area contributed by atoms with Crippen molar-refractivity contribution in [2.45, 2.75) is 13.8 Å². The van der Waals surface area contributed by atoms with Crippen molar-refractivity contribution < 1.29 is 19.1 Å². The van der Waals surface area contributed by atoms with E-state index in [0.717, 1.165) is 5.56 Å². The summed E-state index contributed by atoms with van der Waals surface area (Å²) in [5.41, 5.74) is 2.06. The van der Waals surface area contributed by atoms with E-state index in [0.29, 0.717) is 5.69 Å². The number of hydrogen-bond acceptors (Lipinski definition) is 4. The van der Waals surface area contributed by atoms with Gasteiger partial charge >= 0.3 is 5.97 Å². The molecule has 2 amide bonds. The lowest BCUT2D eigenvalue weighted by molar-refractivity contribution is -0.120. The van der Waals surface area contributed by atoms with Crippen LogP contribution in [0.25, 0.3) is 0 Å². The number of carbonyl (C=O) groups is 3. The maximum atomic E-state index is 12.4. The molecule has 0 saturated carbocycles. The molecule has 6 nitrogen and oxygen atoms in total. The normalized spacial score (nSPS) is 10.2. The second kappa shape index (κ2) is 8.49. The van der Waals surface area contributed by atoms with E-state index in [1.807, 2.05) is 19.1 Å². The molecule has 136 valence electrons. The lowest BCUT2D eigenvalue weighted by atomic mass is 10.1. The highest BCUT2D eigenvalue weighted by Gasteiger charge is 2.18. The number of benzene rings is 2. The largest absolute Gasteiger partial charge is 0.465 e. The molecule has 0 atom stereocenters. The van der Waals surface area contributed by atoms with Gasteiger partial charge in [0, 0.05) is 12.6 Å². The van der Waals surface area contributed by atoms with Crippen molar-refractivity contribution in [3.05, 3.63) is 58.6 Å². The molecule has 26 heavy (non-hydrogen) atoms. The smallest absolute Gasteiger partial charge is 0.337 e. The van der Waals surface area contributed by atoms with Crippen LogP contribution in [-0.4, -0.2) is 31.4 Å². The van der Waals surface area contributed by atoms with Crippen molar-refractivity contribution in [2.24, 2.45) is 0 Å². The van der Waals surface area contributed by atoms with Gasteiger partial charge in [0.1, 0.15) is 6.54 Å². The van der Waals surface area contributed by atoms with Gasteiger partial charge in [-0.15, -0.1) is 0 Å².